The molecule has 0 spiro atoms. The van der Waals surface area contributed by atoms with Gasteiger partial charge in [-0.3, -0.25) is 29.8 Å². The molecule has 0 radical (unpaired) electrons. The van der Waals surface area contributed by atoms with E-state index in [-0.39, 0.29) is 22.3 Å². The van der Waals surface area contributed by atoms with Gasteiger partial charge in [0.15, 0.2) is 25.6 Å². The first-order valence-corrected chi connectivity index (χ1v) is 14.9. The third kappa shape index (κ3) is 8.05. The first-order valence-electron chi connectivity index (χ1n) is 11.5. The number of halogens is 1. The molecule has 0 aromatic heterocycles. The highest BCUT2D eigenvalue weighted by molar-refractivity contribution is 7.92. The first-order chi connectivity index (χ1) is 18.6. The van der Waals surface area contributed by atoms with Gasteiger partial charge in [0.05, 0.1) is 25.9 Å². The van der Waals surface area contributed by atoms with Crippen LogP contribution in [-0.4, -0.2) is 54.3 Å². The lowest BCUT2D eigenvalue weighted by molar-refractivity contribution is -0.388. The zero-order valence-electron chi connectivity index (χ0n) is 22.7. The number of carbonyl (C=O) groups excluding carboxylic acids is 2. The van der Waals surface area contributed by atoms with Crippen LogP contribution in [0.3, 0.4) is 0 Å². The van der Waals surface area contributed by atoms with Crippen LogP contribution >= 0.6 is 11.6 Å². The average Bonchev–Trinajstić information content (AvgIpc) is 2.82. The minimum Gasteiger partial charge on any atom is -0.370 e. The van der Waals surface area contributed by atoms with Crippen LogP contribution in [0.15, 0.2) is 39.0 Å². The predicted molar refractivity (Wildman–Crippen MR) is 151 cm³/mol. The minimum absolute atomic E-state index is 0.0731. The second-order valence-electron chi connectivity index (χ2n) is 9.09. The molecular weight excluding hydrogens is 606 g/mol. The quantitative estimate of drug-likeness (QED) is 0.140. The van der Waals surface area contributed by atoms with Gasteiger partial charge >= 0.3 is 0 Å². The summed E-state index contributed by atoms with van der Waals surface area (Å²) < 4.78 is 48.6. The molecule has 4 N–H and O–H groups in total. The molecule has 0 bridgehead atoms. The van der Waals surface area contributed by atoms with Crippen molar-refractivity contribution in [2.24, 2.45) is 16.5 Å². The molecule has 0 saturated heterocycles. The van der Waals surface area contributed by atoms with E-state index in [1.807, 2.05) is 0 Å². The molecule has 224 valence electrons. The minimum atomic E-state index is -3.88. The Bertz CT molecular complexity index is 1660. The van der Waals surface area contributed by atoms with E-state index in [9.17, 15) is 46.7 Å². The first kappa shape index (κ1) is 35.1. The second kappa shape index (κ2) is 13.1. The van der Waals surface area contributed by atoms with Crippen molar-refractivity contribution < 1.29 is 36.3 Å². The van der Waals surface area contributed by atoms with Crippen LogP contribution in [-0.2, 0) is 19.7 Å². The van der Waals surface area contributed by atoms with Gasteiger partial charge < -0.3 is 11.5 Å². The molecule has 0 saturated carbocycles. The number of aryl methyl sites for hydroxylation is 2. The maximum Gasteiger partial charge on any atom is 0.288 e. The van der Waals surface area contributed by atoms with Crippen molar-refractivity contribution in [2.45, 2.75) is 61.8 Å². The van der Waals surface area contributed by atoms with E-state index in [2.05, 4.69) is 4.99 Å². The molecule has 18 heteroatoms. The largest absolute Gasteiger partial charge is 0.370 e. The number of amides is 1. The van der Waals surface area contributed by atoms with Gasteiger partial charge in [-0.05, 0) is 76.4 Å². The summed E-state index contributed by atoms with van der Waals surface area (Å²) in [6.45, 7) is 8.58. The topological polar surface area (TPSA) is 253 Å². The zero-order chi connectivity index (χ0) is 32.2. The van der Waals surface area contributed by atoms with Crippen LogP contribution in [0, 0.1) is 34.1 Å². The number of nitro benzene ring substituents is 2. The van der Waals surface area contributed by atoms with Gasteiger partial charge in [-0.1, -0.05) is 0 Å². The summed E-state index contributed by atoms with van der Waals surface area (Å²) in [6.07, 6.45) is 0. The lowest BCUT2D eigenvalue weighted by atomic mass is 10.1. The Morgan fingerprint density at radius 2 is 1.12 bits per heavy atom. The Kier molecular flexibility index (Phi) is 11.2. The Hall–Kier alpha value is -3.96. The fourth-order valence-electron chi connectivity index (χ4n) is 3.21. The van der Waals surface area contributed by atoms with Crippen LogP contribution in [0.5, 0.6) is 0 Å². The molecular formula is C23H28ClN5O10S2. The molecule has 2 rings (SSSR count). The maximum atomic E-state index is 12.2. The van der Waals surface area contributed by atoms with Gasteiger partial charge in [-0.15, -0.1) is 0 Å². The summed E-state index contributed by atoms with van der Waals surface area (Å²) in [5.41, 5.74) is 9.16. The summed E-state index contributed by atoms with van der Waals surface area (Å²) in [7, 11) is -7.69. The van der Waals surface area contributed by atoms with Gasteiger partial charge in [-0.25, -0.2) is 16.8 Å². The molecule has 1 amide bonds. The molecule has 2 aromatic rings. The molecule has 0 unspecified atom stereocenters. The zero-order valence-corrected chi connectivity index (χ0v) is 25.1. The smallest absolute Gasteiger partial charge is 0.288 e. The number of nitro groups is 2. The Labute approximate surface area is 240 Å². The van der Waals surface area contributed by atoms with Crippen LogP contribution in [0.2, 0.25) is 0 Å². The molecule has 2 aromatic carbocycles. The highest BCUT2D eigenvalue weighted by atomic mass is 35.5. The summed E-state index contributed by atoms with van der Waals surface area (Å²) >= 11 is 5.30. The van der Waals surface area contributed by atoms with Gasteiger partial charge in [-0.2, -0.15) is 4.99 Å². The van der Waals surface area contributed by atoms with Crippen molar-refractivity contribution >= 4 is 59.8 Å². The lowest BCUT2D eigenvalue weighted by Gasteiger charge is -2.11. The molecule has 0 fully saturated rings. The van der Waals surface area contributed by atoms with Crippen molar-refractivity contribution in [3.8, 4) is 0 Å². The van der Waals surface area contributed by atoms with Crippen LogP contribution in [0.4, 0.5) is 11.4 Å². The van der Waals surface area contributed by atoms with Gasteiger partial charge in [0.2, 0.25) is 0 Å². The van der Waals surface area contributed by atoms with E-state index in [0.717, 1.165) is 24.3 Å². The molecule has 0 heterocycles. The number of guanidine groups is 1. The predicted octanol–water partition coefficient (Wildman–Crippen LogP) is 2.96. The van der Waals surface area contributed by atoms with Crippen molar-refractivity contribution in [3.63, 3.8) is 0 Å². The van der Waals surface area contributed by atoms with Crippen LogP contribution in [0.1, 0.15) is 59.5 Å². The summed E-state index contributed by atoms with van der Waals surface area (Å²) in [5, 5.41) is 19.6. The number of hydrogen-bond donors (Lipinski definition) is 2. The van der Waals surface area contributed by atoms with Crippen LogP contribution in [0.25, 0.3) is 0 Å². The van der Waals surface area contributed by atoms with E-state index in [1.54, 1.807) is 0 Å². The molecule has 0 aliphatic carbocycles. The third-order valence-electron chi connectivity index (χ3n) is 5.53. The van der Waals surface area contributed by atoms with Crippen molar-refractivity contribution in [3.05, 3.63) is 66.7 Å². The van der Waals surface area contributed by atoms with E-state index in [4.69, 9.17) is 23.1 Å². The summed E-state index contributed by atoms with van der Waals surface area (Å²) in [5.74, 6) is -1.37. The summed E-state index contributed by atoms with van der Waals surface area (Å²) in [4.78, 5) is 45.8. The standard InChI is InChI=1S/C12H16N4O5S.C11H12ClNO5S/c1-6(2)22(20,21)10-4-7(3)8(5-9(10)16(18)19)11(17)15-12(13)14;1-6(2)19(17,18)10-4-7(3)8(11(12)14)5-9(10)13(15)16/h4-6H,1-3H3,(H4,13,14,15,17);4-6H,1-3H3. The second-order valence-corrected chi connectivity index (χ2v) is 14.4. The third-order valence-corrected chi connectivity index (χ3v) is 10.1. The van der Waals surface area contributed by atoms with E-state index < -0.39 is 78.3 Å². The van der Waals surface area contributed by atoms with Gasteiger partial charge in [0.25, 0.3) is 22.5 Å². The number of carbonyl (C=O) groups is 2. The molecule has 41 heavy (non-hydrogen) atoms. The number of hydrogen-bond acceptors (Lipinski definition) is 10. The van der Waals surface area contributed by atoms with E-state index in [0.29, 0.717) is 0 Å². The van der Waals surface area contributed by atoms with Crippen molar-refractivity contribution in [2.75, 3.05) is 0 Å². The van der Waals surface area contributed by atoms with E-state index in [1.165, 1.54) is 41.5 Å². The monoisotopic (exact) mass is 633 g/mol. The number of sulfone groups is 2. The Morgan fingerprint density at radius 1 is 0.780 bits per heavy atom. The maximum absolute atomic E-state index is 12.2. The fraction of sp³-hybridized carbons (Fsp3) is 0.348. The van der Waals surface area contributed by atoms with Crippen molar-refractivity contribution in [1.29, 1.82) is 0 Å². The summed E-state index contributed by atoms with van der Waals surface area (Å²) in [6, 6.07) is 3.98. The fourth-order valence-corrected chi connectivity index (χ4v) is 5.96. The number of benzene rings is 2. The lowest BCUT2D eigenvalue weighted by Crippen LogP contribution is -2.24. The number of aliphatic imine (C=N–C) groups is 1. The Morgan fingerprint density at radius 3 is 1.41 bits per heavy atom. The van der Waals surface area contributed by atoms with Gasteiger partial charge in [0, 0.05) is 17.7 Å². The molecule has 15 nitrogen and oxygen atoms in total. The number of rotatable bonds is 8. The highest BCUT2D eigenvalue weighted by Crippen LogP contribution is 2.32. The molecule has 0 atom stereocenters. The van der Waals surface area contributed by atoms with Crippen molar-refractivity contribution in [1.82, 2.24) is 0 Å². The van der Waals surface area contributed by atoms with E-state index >= 15 is 0 Å². The SMILES string of the molecule is Cc1cc(S(=O)(=O)C(C)C)c([N+](=O)[O-])cc1C(=O)Cl.Cc1cc(S(=O)(=O)C(C)C)c([N+](=O)[O-])cc1C(=O)N=C(N)N. The number of nitrogens with two attached hydrogens (primary N) is 2. The highest BCUT2D eigenvalue weighted by Gasteiger charge is 2.32. The van der Waals surface area contributed by atoms with Crippen LogP contribution < -0.4 is 11.5 Å². The molecule has 0 aliphatic rings. The average molecular weight is 634 g/mol. The number of nitrogens with zero attached hydrogens (tertiary/aromatic N) is 3. The Balaban J connectivity index is 0.000000414. The normalized spacial score (nSPS) is 11.4. The molecule has 0 aliphatic heterocycles. The van der Waals surface area contributed by atoms with Gasteiger partial charge in [0.1, 0.15) is 9.79 Å².